The highest BCUT2D eigenvalue weighted by atomic mass is 16.3. The molecule has 0 saturated carbocycles. The summed E-state index contributed by atoms with van der Waals surface area (Å²) in [4.78, 5) is 24.9. The Balaban J connectivity index is 2.05. The van der Waals surface area contributed by atoms with Gasteiger partial charge in [-0.05, 0) is 38.4 Å². The van der Waals surface area contributed by atoms with Crippen LogP contribution in [0, 0.1) is 0 Å². The van der Waals surface area contributed by atoms with Gasteiger partial charge >= 0.3 is 0 Å². The quantitative estimate of drug-likeness (QED) is 0.489. The van der Waals surface area contributed by atoms with Gasteiger partial charge in [0.25, 0.3) is 0 Å². The summed E-state index contributed by atoms with van der Waals surface area (Å²) in [6, 6.07) is 15.3. The van der Waals surface area contributed by atoms with Crippen molar-refractivity contribution in [1.29, 1.82) is 0 Å². The van der Waals surface area contributed by atoms with Gasteiger partial charge in [0.2, 0.25) is 0 Å². The third-order valence-electron chi connectivity index (χ3n) is 5.00. The van der Waals surface area contributed by atoms with E-state index in [1.807, 2.05) is 42.5 Å². The summed E-state index contributed by atoms with van der Waals surface area (Å²) >= 11 is 0. The number of ketones is 2. The Morgan fingerprint density at radius 1 is 0.708 bits per heavy atom. The second-order valence-corrected chi connectivity index (χ2v) is 6.27. The number of carbonyl (C=O) groups is 2. The molecule has 24 heavy (non-hydrogen) atoms. The summed E-state index contributed by atoms with van der Waals surface area (Å²) in [5.41, 5.74) is 0.396. The molecule has 4 aromatic carbocycles. The van der Waals surface area contributed by atoms with Gasteiger partial charge in [0, 0.05) is 11.1 Å². The number of hydrogen-bond donors (Lipinski definition) is 2. The van der Waals surface area contributed by atoms with Gasteiger partial charge in [0.1, 0.15) is 0 Å². The summed E-state index contributed by atoms with van der Waals surface area (Å²) in [6.45, 7) is 0. The van der Waals surface area contributed by atoms with Gasteiger partial charge in [-0.25, -0.2) is 0 Å². The molecule has 1 aliphatic rings. The number of aliphatic hydroxyl groups excluding tert-OH is 2. The normalized spacial score (nSPS) is 21.1. The van der Waals surface area contributed by atoms with Crippen LogP contribution >= 0.6 is 0 Å². The van der Waals surface area contributed by atoms with E-state index in [2.05, 4.69) is 0 Å². The molecule has 2 unspecified atom stereocenters. The highest BCUT2D eigenvalue weighted by Gasteiger charge is 2.40. The van der Waals surface area contributed by atoms with Crippen molar-refractivity contribution in [1.82, 2.24) is 0 Å². The molecule has 5 rings (SSSR count). The number of fused-ring (bicyclic) bond motifs is 2. The molecule has 0 saturated heterocycles. The third-order valence-corrected chi connectivity index (χ3v) is 5.00. The van der Waals surface area contributed by atoms with E-state index in [0.717, 1.165) is 26.9 Å². The molecular weight excluding hydrogens is 304 g/mol. The Hall–Kier alpha value is -2.82. The summed E-state index contributed by atoms with van der Waals surface area (Å²) in [5.74, 6) is -1.21. The van der Waals surface area contributed by atoms with Crippen LogP contribution < -0.4 is 0 Å². The summed E-state index contributed by atoms with van der Waals surface area (Å²) in [6.07, 6.45) is -3.40. The fraction of sp³-hybridized carbons (Fsp3) is 0.100. The second-order valence-electron chi connectivity index (χ2n) is 6.27. The molecule has 0 aliphatic heterocycles. The zero-order valence-corrected chi connectivity index (χ0v) is 12.5. The molecule has 0 fully saturated rings. The number of hydrogen-bond acceptors (Lipinski definition) is 4. The van der Waals surface area contributed by atoms with E-state index in [0.29, 0.717) is 5.39 Å². The van der Waals surface area contributed by atoms with Crippen LogP contribution in [0.5, 0.6) is 0 Å². The molecule has 2 atom stereocenters. The van der Waals surface area contributed by atoms with Crippen molar-refractivity contribution in [3.05, 3.63) is 59.7 Å². The lowest BCUT2D eigenvalue weighted by Crippen LogP contribution is -2.45. The maximum atomic E-state index is 12.6. The fourth-order valence-corrected chi connectivity index (χ4v) is 3.86. The van der Waals surface area contributed by atoms with Crippen molar-refractivity contribution >= 4 is 43.9 Å². The van der Waals surface area contributed by atoms with Crippen LogP contribution in [0.1, 0.15) is 20.7 Å². The van der Waals surface area contributed by atoms with Crippen LogP contribution in [0.2, 0.25) is 0 Å². The average Bonchev–Trinajstić information content (AvgIpc) is 2.62. The zero-order valence-electron chi connectivity index (χ0n) is 12.5. The van der Waals surface area contributed by atoms with Crippen LogP contribution in [-0.2, 0) is 0 Å². The lowest BCUT2D eigenvalue weighted by atomic mass is 9.80. The molecule has 0 heterocycles. The molecule has 4 nitrogen and oxygen atoms in total. The van der Waals surface area contributed by atoms with Gasteiger partial charge in [0.05, 0.1) is 0 Å². The van der Waals surface area contributed by atoms with Gasteiger partial charge in [-0.2, -0.15) is 0 Å². The predicted molar refractivity (Wildman–Crippen MR) is 90.8 cm³/mol. The van der Waals surface area contributed by atoms with Crippen molar-refractivity contribution < 1.29 is 19.8 Å². The molecular formula is C20H12O4. The predicted octanol–water partition coefficient (Wildman–Crippen LogP) is 2.68. The summed E-state index contributed by atoms with van der Waals surface area (Å²) in [7, 11) is 0. The molecule has 2 N–H and O–H groups in total. The van der Waals surface area contributed by atoms with Gasteiger partial charge in [-0.15, -0.1) is 0 Å². The van der Waals surface area contributed by atoms with Crippen LogP contribution in [0.25, 0.3) is 32.3 Å². The highest BCUT2D eigenvalue weighted by Crippen LogP contribution is 2.39. The van der Waals surface area contributed by atoms with Crippen molar-refractivity contribution in [3.8, 4) is 0 Å². The van der Waals surface area contributed by atoms with Crippen LogP contribution in [-0.4, -0.2) is 34.0 Å². The zero-order chi connectivity index (χ0) is 16.6. The lowest BCUT2D eigenvalue weighted by molar-refractivity contribution is 0.0186. The Kier molecular flexibility index (Phi) is 2.48. The van der Waals surface area contributed by atoms with Crippen LogP contribution in [0.4, 0.5) is 0 Å². The Morgan fingerprint density at radius 2 is 1.33 bits per heavy atom. The fourth-order valence-electron chi connectivity index (χ4n) is 3.86. The van der Waals surface area contributed by atoms with Crippen LogP contribution in [0.3, 0.4) is 0 Å². The van der Waals surface area contributed by atoms with Crippen molar-refractivity contribution in [2.75, 3.05) is 0 Å². The Labute approximate surface area is 136 Å². The third kappa shape index (κ3) is 1.49. The maximum absolute atomic E-state index is 12.6. The van der Waals surface area contributed by atoms with Gasteiger partial charge in [-0.1, -0.05) is 42.5 Å². The number of aliphatic hydroxyl groups is 2. The topological polar surface area (TPSA) is 74.6 Å². The Bertz CT molecular complexity index is 1160. The van der Waals surface area contributed by atoms with Crippen LogP contribution in [0.15, 0.2) is 48.5 Å². The van der Waals surface area contributed by atoms with E-state index >= 15 is 0 Å². The molecule has 4 aromatic rings. The lowest BCUT2D eigenvalue weighted by Gasteiger charge is -2.25. The number of carbonyl (C=O) groups excluding carboxylic acids is 2. The summed E-state index contributed by atoms with van der Waals surface area (Å²) in [5, 5.41) is 25.3. The molecule has 0 radical (unpaired) electrons. The summed E-state index contributed by atoms with van der Waals surface area (Å²) < 4.78 is 0. The first-order chi connectivity index (χ1) is 11.6. The molecule has 4 heteroatoms. The average molecular weight is 316 g/mol. The van der Waals surface area contributed by atoms with E-state index in [1.54, 1.807) is 6.07 Å². The molecule has 0 aromatic heterocycles. The van der Waals surface area contributed by atoms with E-state index < -0.39 is 23.8 Å². The standard InChI is InChI=1S/C20H12O4/c21-17-13-8-11-5-4-9-2-1-3-10-6-7-12(15(11)14(9)10)16(13)18(22)20(24)19(17)23/h1-8,19-20,23-24H. The SMILES string of the molecule is O=C1c2cc3ccc4cccc5ccc(c2C(=O)C(O)C1O)c3c45. The van der Waals surface area contributed by atoms with Crippen molar-refractivity contribution in [3.63, 3.8) is 0 Å². The van der Waals surface area contributed by atoms with Gasteiger partial charge < -0.3 is 10.2 Å². The number of rotatable bonds is 0. The minimum absolute atomic E-state index is 0.184. The smallest absolute Gasteiger partial charge is 0.195 e. The number of benzene rings is 4. The molecule has 1 aliphatic carbocycles. The molecule has 0 spiro atoms. The second kappa shape index (κ2) is 4.38. The van der Waals surface area contributed by atoms with Gasteiger partial charge in [-0.3, -0.25) is 9.59 Å². The number of Topliss-reactive ketones (excluding diaryl/α,β-unsaturated/α-hetero) is 2. The Morgan fingerprint density at radius 3 is 2.08 bits per heavy atom. The van der Waals surface area contributed by atoms with E-state index in [1.165, 1.54) is 0 Å². The van der Waals surface area contributed by atoms with E-state index in [-0.39, 0.29) is 11.1 Å². The molecule has 116 valence electrons. The first-order valence-electron chi connectivity index (χ1n) is 7.73. The van der Waals surface area contributed by atoms with Crippen molar-refractivity contribution in [2.45, 2.75) is 12.2 Å². The van der Waals surface area contributed by atoms with Crippen molar-refractivity contribution in [2.24, 2.45) is 0 Å². The first kappa shape index (κ1) is 13.6. The first-order valence-corrected chi connectivity index (χ1v) is 7.73. The molecule has 0 amide bonds. The minimum Gasteiger partial charge on any atom is -0.382 e. The largest absolute Gasteiger partial charge is 0.382 e. The monoisotopic (exact) mass is 316 g/mol. The van der Waals surface area contributed by atoms with E-state index in [9.17, 15) is 19.8 Å². The van der Waals surface area contributed by atoms with Gasteiger partial charge in [0.15, 0.2) is 23.8 Å². The minimum atomic E-state index is -1.71. The van der Waals surface area contributed by atoms with E-state index in [4.69, 9.17) is 0 Å². The highest BCUT2D eigenvalue weighted by molar-refractivity contribution is 6.31. The molecule has 0 bridgehead atoms. The maximum Gasteiger partial charge on any atom is 0.195 e.